The molecule has 3 aromatic rings. The van der Waals surface area contributed by atoms with Crippen LogP contribution in [0, 0.1) is 13.8 Å². The van der Waals surface area contributed by atoms with E-state index >= 15 is 0 Å². The first-order chi connectivity index (χ1) is 10.1. The molecule has 106 valence electrons. The van der Waals surface area contributed by atoms with Gasteiger partial charge in [-0.3, -0.25) is 14.9 Å². The van der Waals surface area contributed by atoms with Gasteiger partial charge in [-0.15, -0.1) is 0 Å². The Morgan fingerprint density at radius 3 is 2.29 bits per heavy atom. The first-order valence-corrected chi connectivity index (χ1v) is 6.85. The normalized spacial score (nSPS) is 10.6. The summed E-state index contributed by atoms with van der Waals surface area (Å²) in [6.45, 7) is 3.92. The molecule has 0 aliphatic rings. The van der Waals surface area contributed by atoms with Crippen LogP contribution in [0.15, 0.2) is 60.9 Å². The maximum atomic E-state index is 12.4. The number of aromatic nitrogens is 2. The summed E-state index contributed by atoms with van der Waals surface area (Å²) in [7, 11) is 0. The van der Waals surface area contributed by atoms with Crippen LogP contribution in [0.1, 0.15) is 21.7 Å². The predicted molar refractivity (Wildman–Crippen MR) is 83.4 cm³/mol. The van der Waals surface area contributed by atoms with Gasteiger partial charge in [0.2, 0.25) is 0 Å². The number of aryl methyl sites for hydroxylation is 2. The fourth-order valence-corrected chi connectivity index (χ4v) is 2.33. The lowest BCUT2D eigenvalue weighted by Crippen LogP contribution is -2.24. The molecule has 4 nitrogen and oxygen atoms in total. The van der Waals surface area contributed by atoms with Gasteiger partial charge in [0.15, 0.2) is 0 Å². The van der Waals surface area contributed by atoms with Gasteiger partial charge in [0.1, 0.15) is 0 Å². The molecular weight excluding hydrogens is 262 g/mol. The van der Waals surface area contributed by atoms with Crippen molar-refractivity contribution in [2.75, 3.05) is 5.43 Å². The number of hydrogen-bond donors (Lipinski definition) is 1. The molecule has 0 saturated heterocycles. The van der Waals surface area contributed by atoms with Crippen LogP contribution in [0.25, 0.3) is 5.69 Å². The number of amides is 1. The first-order valence-electron chi connectivity index (χ1n) is 6.85. The van der Waals surface area contributed by atoms with Crippen LogP contribution in [0.3, 0.4) is 0 Å². The Hall–Kier alpha value is -2.75. The van der Waals surface area contributed by atoms with Gasteiger partial charge in [0, 0.05) is 35.0 Å². The topological polar surface area (TPSA) is 39.0 Å². The molecule has 1 amide bonds. The highest BCUT2D eigenvalue weighted by molar-refractivity contribution is 6.00. The smallest absolute Gasteiger partial charge is 0.270 e. The number of nitrogens with zero attached hydrogens (tertiary/aromatic N) is 2. The van der Waals surface area contributed by atoms with Crippen LogP contribution in [-0.4, -0.2) is 15.2 Å². The van der Waals surface area contributed by atoms with Gasteiger partial charge in [0.25, 0.3) is 5.91 Å². The van der Waals surface area contributed by atoms with Gasteiger partial charge in [-0.05, 0) is 56.3 Å². The summed E-state index contributed by atoms with van der Waals surface area (Å²) < 4.78 is 3.77. The Morgan fingerprint density at radius 1 is 0.952 bits per heavy atom. The minimum Gasteiger partial charge on any atom is -0.324 e. The number of rotatable bonds is 3. The Bertz CT molecular complexity index is 750. The second-order valence-electron chi connectivity index (χ2n) is 5.03. The minimum atomic E-state index is -0.119. The molecule has 0 aliphatic carbocycles. The summed E-state index contributed by atoms with van der Waals surface area (Å²) in [6.07, 6.45) is 3.91. The van der Waals surface area contributed by atoms with Gasteiger partial charge in [-0.25, -0.2) is 0 Å². The molecule has 1 aromatic carbocycles. The average Bonchev–Trinajstić information content (AvgIpc) is 3.13. The lowest BCUT2D eigenvalue weighted by atomic mass is 10.2. The van der Waals surface area contributed by atoms with E-state index in [9.17, 15) is 4.79 Å². The first kappa shape index (κ1) is 13.2. The average molecular weight is 279 g/mol. The molecule has 2 aromatic heterocycles. The fraction of sp³-hybridized carbons (Fsp3) is 0.118. The van der Waals surface area contributed by atoms with E-state index in [1.54, 1.807) is 4.68 Å². The third-order valence-electron chi connectivity index (χ3n) is 3.50. The molecule has 0 saturated carbocycles. The molecule has 0 radical (unpaired) electrons. The quantitative estimate of drug-likeness (QED) is 0.785. The zero-order chi connectivity index (χ0) is 14.8. The van der Waals surface area contributed by atoms with Crippen LogP contribution in [0.2, 0.25) is 0 Å². The van der Waals surface area contributed by atoms with Crippen molar-refractivity contribution in [2.45, 2.75) is 13.8 Å². The zero-order valence-electron chi connectivity index (χ0n) is 12.1. The van der Waals surface area contributed by atoms with Crippen LogP contribution < -0.4 is 5.43 Å². The molecule has 0 aliphatic heterocycles. The number of carbonyl (C=O) groups is 1. The Balaban J connectivity index is 1.87. The highest BCUT2D eigenvalue weighted by Gasteiger charge is 2.09. The number of nitrogens with one attached hydrogen (secondary N) is 1. The number of carbonyl (C=O) groups excluding carboxylic acids is 1. The van der Waals surface area contributed by atoms with Crippen molar-refractivity contribution < 1.29 is 4.79 Å². The molecule has 21 heavy (non-hydrogen) atoms. The third-order valence-corrected chi connectivity index (χ3v) is 3.50. The Kier molecular flexibility index (Phi) is 3.36. The number of benzene rings is 1. The summed E-state index contributed by atoms with van der Waals surface area (Å²) in [5, 5.41) is 0. The summed E-state index contributed by atoms with van der Waals surface area (Å²) >= 11 is 0. The van der Waals surface area contributed by atoms with Crippen LogP contribution in [0.5, 0.6) is 0 Å². The van der Waals surface area contributed by atoms with E-state index in [1.165, 1.54) is 0 Å². The largest absolute Gasteiger partial charge is 0.324 e. The van der Waals surface area contributed by atoms with E-state index in [1.807, 2.05) is 79.3 Å². The Morgan fingerprint density at radius 2 is 1.62 bits per heavy atom. The molecule has 2 heterocycles. The molecule has 0 fully saturated rings. The lowest BCUT2D eigenvalue weighted by molar-refractivity contribution is 0.101. The summed E-state index contributed by atoms with van der Waals surface area (Å²) in [5.41, 5.74) is 6.52. The minimum absolute atomic E-state index is 0.119. The highest BCUT2D eigenvalue weighted by Crippen LogP contribution is 2.12. The fourth-order valence-electron chi connectivity index (χ4n) is 2.33. The van der Waals surface area contributed by atoms with E-state index in [0.717, 1.165) is 17.1 Å². The molecule has 0 bridgehead atoms. The molecule has 4 heteroatoms. The van der Waals surface area contributed by atoms with E-state index in [0.29, 0.717) is 5.56 Å². The van der Waals surface area contributed by atoms with E-state index in [2.05, 4.69) is 5.43 Å². The molecular formula is C17H17N3O. The van der Waals surface area contributed by atoms with Crippen LogP contribution in [0.4, 0.5) is 0 Å². The number of hydrogen-bond acceptors (Lipinski definition) is 1. The molecule has 0 unspecified atom stereocenters. The van der Waals surface area contributed by atoms with Crippen LogP contribution >= 0.6 is 0 Å². The van der Waals surface area contributed by atoms with Gasteiger partial charge in [-0.1, -0.05) is 6.07 Å². The van der Waals surface area contributed by atoms with Crippen molar-refractivity contribution in [3.63, 3.8) is 0 Å². The molecule has 3 rings (SSSR count). The van der Waals surface area contributed by atoms with Gasteiger partial charge >= 0.3 is 0 Å². The molecule has 0 atom stereocenters. The third kappa shape index (κ3) is 2.60. The van der Waals surface area contributed by atoms with Crippen molar-refractivity contribution in [1.29, 1.82) is 0 Å². The van der Waals surface area contributed by atoms with Gasteiger partial charge in [-0.2, -0.15) is 0 Å². The summed E-state index contributed by atoms with van der Waals surface area (Å²) in [5.74, 6) is -0.119. The lowest BCUT2D eigenvalue weighted by Gasteiger charge is -2.12. The highest BCUT2D eigenvalue weighted by atomic mass is 16.2. The van der Waals surface area contributed by atoms with Crippen molar-refractivity contribution in [1.82, 2.24) is 9.24 Å². The Labute approximate surface area is 123 Å². The second kappa shape index (κ2) is 5.32. The summed E-state index contributed by atoms with van der Waals surface area (Å²) in [4.78, 5) is 12.4. The zero-order valence-corrected chi connectivity index (χ0v) is 12.1. The van der Waals surface area contributed by atoms with E-state index in [-0.39, 0.29) is 5.91 Å². The maximum Gasteiger partial charge on any atom is 0.270 e. The maximum absolute atomic E-state index is 12.4. The van der Waals surface area contributed by atoms with Crippen molar-refractivity contribution in [2.24, 2.45) is 0 Å². The standard InChI is InChI=1S/C17H17N3O/c1-13-8-9-14(2)20(13)18-17(21)15-6-5-7-16(12-15)19-10-3-4-11-19/h3-12H,1-2H3,(H,18,21). The molecule has 0 spiro atoms. The second-order valence-corrected chi connectivity index (χ2v) is 5.03. The van der Waals surface area contributed by atoms with Crippen LogP contribution in [-0.2, 0) is 0 Å². The van der Waals surface area contributed by atoms with Crippen molar-refractivity contribution in [3.05, 3.63) is 77.9 Å². The van der Waals surface area contributed by atoms with E-state index < -0.39 is 0 Å². The summed E-state index contributed by atoms with van der Waals surface area (Å²) in [6, 6.07) is 15.4. The monoisotopic (exact) mass is 279 g/mol. The predicted octanol–water partition coefficient (Wildman–Crippen LogP) is 3.28. The van der Waals surface area contributed by atoms with Crippen molar-refractivity contribution >= 4 is 5.91 Å². The van der Waals surface area contributed by atoms with Gasteiger partial charge in [0.05, 0.1) is 0 Å². The SMILES string of the molecule is Cc1ccc(C)n1NC(=O)c1cccc(-n2cccc2)c1. The van der Waals surface area contributed by atoms with Gasteiger partial charge < -0.3 is 4.57 Å². The van der Waals surface area contributed by atoms with E-state index in [4.69, 9.17) is 0 Å². The van der Waals surface area contributed by atoms with Crippen molar-refractivity contribution in [3.8, 4) is 5.69 Å². The molecule has 1 N–H and O–H groups in total.